The molecule has 0 aliphatic carbocycles. The largest absolute Gasteiger partial charge is 0.507 e. The van der Waals surface area contributed by atoms with Gasteiger partial charge in [-0.25, -0.2) is 0 Å². The topological polar surface area (TPSA) is 96.3 Å². The van der Waals surface area contributed by atoms with Crippen molar-refractivity contribution in [3.63, 3.8) is 0 Å². The molecule has 1 fully saturated rings. The molecule has 2 aliphatic heterocycles. The van der Waals surface area contributed by atoms with E-state index in [0.717, 1.165) is 5.56 Å². The van der Waals surface area contributed by atoms with Gasteiger partial charge in [-0.15, -0.1) is 0 Å². The van der Waals surface area contributed by atoms with Crippen molar-refractivity contribution in [3.8, 4) is 17.2 Å². The third kappa shape index (κ3) is 4.40. The summed E-state index contributed by atoms with van der Waals surface area (Å²) < 4.78 is 11.2. The van der Waals surface area contributed by atoms with Crippen LogP contribution in [-0.2, 0) is 15.0 Å². The van der Waals surface area contributed by atoms with E-state index in [1.54, 1.807) is 18.2 Å². The first kappa shape index (κ1) is 24.7. The molecule has 1 atom stereocenters. The second kappa shape index (κ2) is 9.16. The molecule has 7 nitrogen and oxygen atoms in total. The van der Waals surface area contributed by atoms with Gasteiger partial charge in [-0.1, -0.05) is 56.6 Å². The van der Waals surface area contributed by atoms with Gasteiger partial charge in [0.15, 0.2) is 11.5 Å². The number of Topliss-reactive ketones (excluding diaryl/α,β-unsaturated/α-hetero) is 1. The number of aromatic hydroxyl groups is 1. The third-order valence-corrected chi connectivity index (χ3v) is 6.78. The molecule has 1 amide bonds. The number of ketones is 1. The summed E-state index contributed by atoms with van der Waals surface area (Å²) in [6.07, 6.45) is 0. The van der Waals surface area contributed by atoms with Crippen LogP contribution in [0.1, 0.15) is 43.5 Å². The van der Waals surface area contributed by atoms with E-state index in [2.05, 4.69) is 20.8 Å². The molecule has 37 heavy (non-hydrogen) atoms. The predicted molar refractivity (Wildman–Crippen MR) is 140 cm³/mol. The van der Waals surface area contributed by atoms with Crippen molar-refractivity contribution in [1.29, 1.82) is 0 Å². The Balaban J connectivity index is 1.71. The Morgan fingerprint density at radius 3 is 2.30 bits per heavy atom. The minimum Gasteiger partial charge on any atom is -0.507 e. The molecule has 2 heterocycles. The number of aliphatic hydroxyl groups is 1. The average molecular weight is 520 g/mol. The van der Waals surface area contributed by atoms with E-state index < -0.39 is 17.7 Å². The highest BCUT2D eigenvalue weighted by Crippen LogP contribution is 2.46. The zero-order chi connectivity index (χ0) is 26.5. The molecule has 190 valence electrons. The lowest BCUT2D eigenvalue weighted by Gasteiger charge is -2.27. The van der Waals surface area contributed by atoms with Gasteiger partial charge in [-0.3, -0.25) is 14.5 Å². The van der Waals surface area contributed by atoms with Gasteiger partial charge in [-0.2, -0.15) is 0 Å². The zero-order valence-electron chi connectivity index (χ0n) is 20.6. The van der Waals surface area contributed by atoms with Crippen molar-refractivity contribution in [1.82, 2.24) is 0 Å². The maximum atomic E-state index is 13.4. The number of carbonyl (C=O) groups excluding carboxylic acids is 2. The summed E-state index contributed by atoms with van der Waals surface area (Å²) in [6.45, 7) is 7.02. The van der Waals surface area contributed by atoms with Crippen LogP contribution in [0.25, 0.3) is 5.76 Å². The number of ether oxygens (including phenoxy) is 2. The number of nitrogens with zero attached hydrogens (tertiary/aromatic N) is 1. The minimum absolute atomic E-state index is 0.0701. The Morgan fingerprint density at radius 2 is 1.62 bits per heavy atom. The summed E-state index contributed by atoms with van der Waals surface area (Å²) in [5.41, 5.74) is 1.80. The molecule has 3 aromatic rings. The van der Waals surface area contributed by atoms with Crippen LogP contribution in [0, 0.1) is 0 Å². The van der Waals surface area contributed by atoms with E-state index >= 15 is 0 Å². The van der Waals surface area contributed by atoms with E-state index in [1.165, 1.54) is 23.1 Å². The standard InChI is InChI=1S/C29H26ClNO6/c1-29(2,3)18-7-4-16(5-8-18)25-24(26(33)17-6-11-22-23(14-17)37-13-12-36-22)27(34)28(35)31(25)20-15-19(30)9-10-21(20)32/h4-11,14-15,25,32-33H,12-13H2,1-3H3/b26-24-. The van der Waals surface area contributed by atoms with E-state index in [1.807, 2.05) is 24.3 Å². The molecule has 0 aromatic heterocycles. The van der Waals surface area contributed by atoms with Crippen LogP contribution in [0.2, 0.25) is 5.02 Å². The average Bonchev–Trinajstić information content (AvgIpc) is 3.14. The number of phenols is 1. The molecule has 3 aromatic carbocycles. The van der Waals surface area contributed by atoms with Crippen LogP contribution >= 0.6 is 11.6 Å². The molecule has 0 bridgehead atoms. The van der Waals surface area contributed by atoms with Crippen molar-refractivity contribution >= 4 is 34.7 Å². The molecule has 2 N–H and O–H groups in total. The maximum absolute atomic E-state index is 13.4. The fourth-order valence-corrected chi connectivity index (χ4v) is 4.76. The summed E-state index contributed by atoms with van der Waals surface area (Å²) in [6, 6.07) is 15.6. The number of fused-ring (bicyclic) bond motifs is 1. The van der Waals surface area contributed by atoms with Crippen molar-refractivity contribution < 1.29 is 29.3 Å². The van der Waals surface area contributed by atoms with E-state index in [-0.39, 0.29) is 33.2 Å². The van der Waals surface area contributed by atoms with Crippen molar-refractivity contribution in [2.24, 2.45) is 0 Å². The number of amides is 1. The summed E-state index contributed by atoms with van der Waals surface area (Å²) >= 11 is 6.19. The highest BCUT2D eigenvalue weighted by Gasteiger charge is 2.48. The molecule has 8 heteroatoms. The van der Waals surface area contributed by atoms with Gasteiger partial charge in [0.1, 0.15) is 24.7 Å². The van der Waals surface area contributed by atoms with Crippen LogP contribution in [0.3, 0.4) is 0 Å². The second-order valence-corrected chi connectivity index (χ2v) is 10.5. The fraction of sp³-hybridized carbons (Fsp3) is 0.241. The van der Waals surface area contributed by atoms with Gasteiger partial charge in [0, 0.05) is 10.6 Å². The fourth-order valence-electron chi connectivity index (χ4n) is 4.60. The van der Waals surface area contributed by atoms with Gasteiger partial charge in [0.25, 0.3) is 11.7 Å². The van der Waals surface area contributed by atoms with Gasteiger partial charge in [0.05, 0.1) is 17.3 Å². The van der Waals surface area contributed by atoms with Crippen LogP contribution in [0.5, 0.6) is 17.2 Å². The Labute approximate surface area is 219 Å². The predicted octanol–water partition coefficient (Wildman–Crippen LogP) is 5.74. The van der Waals surface area contributed by atoms with Crippen LogP contribution in [-0.4, -0.2) is 35.1 Å². The first-order valence-electron chi connectivity index (χ1n) is 11.9. The number of hydrogen-bond acceptors (Lipinski definition) is 6. The molecular formula is C29H26ClNO6. The third-order valence-electron chi connectivity index (χ3n) is 6.55. The van der Waals surface area contributed by atoms with Crippen molar-refractivity contribution in [2.75, 3.05) is 18.1 Å². The molecule has 5 rings (SSSR count). The minimum atomic E-state index is -1.01. The maximum Gasteiger partial charge on any atom is 0.300 e. The van der Waals surface area contributed by atoms with Crippen LogP contribution < -0.4 is 14.4 Å². The van der Waals surface area contributed by atoms with E-state index in [0.29, 0.717) is 35.8 Å². The molecule has 2 aliphatic rings. The molecule has 1 unspecified atom stereocenters. The second-order valence-electron chi connectivity index (χ2n) is 10.0. The Bertz CT molecular complexity index is 1440. The number of phenolic OH excluding ortho intramolecular Hbond substituents is 1. The Kier molecular flexibility index (Phi) is 6.12. The van der Waals surface area contributed by atoms with Crippen LogP contribution in [0.15, 0.2) is 66.2 Å². The lowest BCUT2D eigenvalue weighted by molar-refractivity contribution is -0.132. The highest BCUT2D eigenvalue weighted by atomic mass is 35.5. The van der Waals surface area contributed by atoms with Crippen LogP contribution in [0.4, 0.5) is 5.69 Å². The van der Waals surface area contributed by atoms with E-state index in [4.69, 9.17) is 21.1 Å². The van der Waals surface area contributed by atoms with Crippen molar-refractivity contribution in [3.05, 3.63) is 87.9 Å². The van der Waals surface area contributed by atoms with E-state index in [9.17, 15) is 19.8 Å². The summed E-state index contributed by atoms with van der Waals surface area (Å²) in [7, 11) is 0. The lowest BCUT2D eigenvalue weighted by Crippen LogP contribution is -2.29. The number of rotatable bonds is 3. The Hall–Kier alpha value is -3.97. The normalized spacial score (nSPS) is 18.8. The molecule has 0 spiro atoms. The molecule has 0 radical (unpaired) electrons. The number of benzene rings is 3. The van der Waals surface area contributed by atoms with Gasteiger partial charge >= 0.3 is 0 Å². The number of hydrogen-bond donors (Lipinski definition) is 2. The quantitative estimate of drug-likeness (QED) is 0.260. The number of aliphatic hydroxyl groups excluding tert-OH is 1. The highest BCUT2D eigenvalue weighted by molar-refractivity contribution is 6.52. The Morgan fingerprint density at radius 1 is 0.946 bits per heavy atom. The van der Waals surface area contributed by atoms with Gasteiger partial charge < -0.3 is 19.7 Å². The molecule has 0 saturated carbocycles. The summed E-state index contributed by atoms with van der Waals surface area (Å²) in [5.74, 6) is -1.38. The molecular weight excluding hydrogens is 494 g/mol. The number of anilines is 1. The number of halogens is 1. The monoisotopic (exact) mass is 519 g/mol. The SMILES string of the molecule is CC(C)(C)c1ccc(C2/C(=C(/O)c3ccc4c(c3)OCCO4)C(=O)C(=O)N2c2cc(Cl)ccc2O)cc1. The first-order valence-corrected chi connectivity index (χ1v) is 12.2. The van der Waals surface area contributed by atoms with Crippen molar-refractivity contribution in [2.45, 2.75) is 32.2 Å². The summed E-state index contributed by atoms with van der Waals surface area (Å²) in [4.78, 5) is 28.0. The lowest BCUT2D eigenvalue weighted by atomic mass is 9.85. The summed E-state index contributed by atoms with van der Waals surface area (Å²) in [5, 5.41) is 22.3. The zero-order valence-corrected chi connectivity index (χ0v) is 21.4. The molecule has 1 saturated heterocycles. The van der Waals surface area contributed by atoms with Gasteiger partial charge in [0.2, 0.25) is 0 Å². The first-order chi connectivity index (χ1) is 17.6. The smallest absolute Gasteiger partial charge is 0.300 e. The number of carbonyl (C=O) groups is 2. The van der Waals surface area contributed by atoms with Gasteiger partial charge in [-0.05, 0) is 52.9 Å².